The average molecular weight is 287 g/mol. The summed E-state index contributed by atoms with van der Waals surface area (Å²) in [5.41, 5.74) is 2.15. The van der Waals surface area contributed by atoms with Crippen LogP contribution in [0, 0.1) is 0 Å². The van der Waals surface area contributed by atoms with Gasteiger partial charge in [0.1, 0.15) is 37.0 Å². The molecular weight excluding hydrogens is 270 g/mol. The summed E-state index contributed by atoms with van der Waals surface area (Å²) in [6.07, 6.45) is 4.42. The predicted octanol–water partition coefficient (Wildman–Crippen LogP) is 2.90. The van der Waals surface area contributed by atoms with Gasteiger partial charge in [-0.1, -0.05) is 5.16 Å². The van der Waals surface area contributed by atoms with Gasteiger partial charge in [-0.25, -0.2) is 0 Å². The molecule has 110 valence electrons. The molecule has 0 atom stereocenters. The molecule has 5 nitrogen and oxygen atoms in total. The number of aryl methyl sites for hydroxylation is 1. The van der Waals surface area contributed by atoms with Gasteiger partial charge in [-0.05, 0) is 31.4 Å². The second kappa shape index (κ2) is 5.31. The SMILES string of the molecule is c1cc2c(cc1OCc1noc3c1CCCC3)OCCO2. The molecular formula is C16H17NO4. The molecule has 0 saturated carbocycles. The highest BCUT2D eigenvalue weighted by Gasteiger charge is 2.20. The van der Waals surface area contributed by atoms with Crippen molar-refractivity contribution in [2.24, 2.45) is 0 Å². The van der Waals surface area contributed by atoms with Gasteiger partial charge < -0.3 is 18.7 Å². The van der Waals surface area contributed by atoms with E-state index in [2.05, 4.69) is 5.16 Å². The lowest BCUT2D eigenvalue weighted by atomic mass is 9.97. The molecule has 2 heterocycles. The first-order valence-corrected chi connectivity index (χ1v) is 7.39. The first kappa shape index (κ1) is 12.6. The van der Waals surface area contributed by atoms with Crippen LogP contribution in [-0.4, -0.2) is 18.4 Å². The molecule has 0 unspecified atom stereocenters. The molecule has 0 bridgehead atoms. The van der Waals surface area contributed by atoms with Crippen LogP contribution < -0.4 is 14.2 Å². The van der Waals surface area contributed by atoms with E-state index in [0.717, 1.165) is 41.5 Å². The van der Waals surface area contributed by atoms with Crippen molar-refractivity contribution >= 4 is 0 Å². The Balaban J connectivity index is 1.48. The van der Waals surface area contributed by atoms with Crippen LogP contribution in [0.2, 0.25) is 0 Å². The van der Waals surface area contributed by atoms with E-state index < -0.39 is 0 Å². The maximum Gasteiger partial charge on any atom is 0.165 e. The van der Waals surface area contributed by atoms with E-state index in [0.29, 0.717) is 19.8 Å². The molecule has 0 fully saturated rings. The van der Waals surface area contributed by atoms with Gasteiger partial charge in [0.05, 0.1) is 0 Å². The zero-order valence-electron chi connectivity index (χ0n) is 11.8. The van der Waals surface area contributed by atoms with Crippen LogP contribution in [0.4, 0.5) is 0 Å². The Labute approximate surface area is 122 Å². The van der Waals surface area contributed by atoms with E-state index in [1.54, 1.807) is 0 Å². The first-order valence-electron chi connectivity index (χ1n) is 7.39. The molecule has 1 aliphatic heterocycles. The molecule has 1 aliphatic carbocycles. The summed E-state index contributed by atoms with van der Waals surface area (Å²) in [6, 6.07) is 5.63. The van der Waals surface area contributed by atoms with Crippen LogP contribution in [0.3, 0.4) is 0 Å². The summed E-state index contributed by atoms with van der Waals surface area (Å²) >= 11 is 0. The third-order valence-electron chi connectivity index (χ3n) is 3.92. The van der Waals surface area contributed by atoms with Crippen LogP contribution in [-0.2, 0) is 19.4 Å². The van der Waals surface area contributed by atoms with Gasteiger partial charge in [-0.15, -0.1) is 0 Å². The van der Waals surface area contributed by atoms with Crippen molar-refractivity contribution in [2.45, 2.75) is 32.3 Å². The number of hydrogen-bond acceptors (Lipinski definition) is 5. The van der Waals surface area contributed by atoms with Gasteiger partial charge in [0.25, 0.3) is 0 Å². The Morgan fingerprint density at radius 3 is 2.86 bits per heavy atom. The lowest BCUT2D eigenvalue weighted by molar-refractivity contribution is 0.170. The largest absolute Gasteiger partial charge is 0.487 e. The van der Waals surface area contributed by atoms with Crippen molar-refractivity contribution in [3.8, 4) is 17.2 Å². The van der Waals surface area contributed by atoms with E-state index in [1.165, 1.54) is 18.4 Å². The van der Waals surface area contributed by atoms with Crippen LogP contribution in [0.1, 0.15) is 29.9 Å². The molecule has 0 amide bonds. The minimum absolute atomic E-state index is 0.429. The quantitative estimate of drug-likeness (QED) is 0.868. The highest BCUT2D eigenvalue weighted by atomic mass is 16.6. The normalized spacial score (nSPS) is 16.4. The van der Waals surface area contributed by atoms with Gasteiger partial charge in [-0.3, -0.25) is 0 Å². The number of hydrogen-bond donors (Lipinski definition) is 0. The smallest absolute Gasteiger partial charge is 0.165 e. The standard InChI is InChI=1S/C16H17NO4/c1-2-4-14-12(3-1)13(17-21-14)10-20-11-5-6-15-16(9-11)19-8-7-18-15/h5-6,9H,1-4,7-8,10H2. The molecule has 4 rings (SSSR count). The molecule has 1 aromatic carbocycles. The van der Waals surface area contributed by atoms with Gasteiger partial charge in [-0.2, -0.15) is 0 Å². The Morgan fingerprint density at radius 2 is 1.90 bits per heavy atom. The molecule has 0 N–H and O–H groups in total. The number of rotatable bonds is 3. The van der Waals surface area contributed by atoms with Crippen molar-refractivity contribution in [1.29, 1.82) is 0 Å². The Bertz CT molecular complexity index is 650. The Morgan fingerprint density at radius 1 is 1.05 bits per heavy atom. The van der Waals surface area contributed by atoms with Gasteiger partial charge >= 0.3 is 0 Å². The number of aromatic nitrogens is 1. The van der Waals surface area contributed by atoms with Crippen LogP contribution in [0.25, 0.3) is 0 Å². The molecule has 0 saturated heterocycles. The maximum absolute atomic E-state index is 5.82. The maximum atomic E-state index is 5.82. The summed E-state index contributed by atoms with van der Waals surface area (Å²) in [6.45, 7) is 1.60. The summed E-state index contributed by atoms with van der Waals surface area (Å²) in [5, 5.41) is 4.14. The van der Waals surface area contributed by atoms with E-state index in [-0.39, 0.29) is 0 Å². The lowest BCUT2D eigenvalue weighted by Gasteiger charge is -2.18. The number of benzene rings is 1. The highest BCUT2D eigenvalue weighted by Crippen LogP contribution is 2.34. The molecule has 5 heteroatoms. The van der Waals surface area contributed by atoms with Crippen molar-refractivity contribution in [1.82, 2.24) is 5.16 Å². The van der Waals surface area contributed by atoms with E-state index in [1.807, 2.05) is 18.2 Å². The Hall–Kier alpha value is -2.17. The van der Waals surface area contributed by atoms with E-state index >= 15 is 0 Å². The number of nitrogens with zero attached hydrogens (tertiary/aromatic N) is 1. The topological polar surface area (TPSA) is 53.7 Å². The highest BCUT2D eigenvalue weighted by molar-refractivity contribution is 5.46. The first-order chi connectivity index (χ1) is 10.4. The minimum Gasteiger partial charge on any atom is -0.487 e. The zero-order valence-corrected chi connectivity index (χ0v) is 11.8. The fourth-order valence-electron chi connectivity index (χ4n) is 2.83. The molecule has 0 spiro atoms. The van der Waals surface area contributed by atoms with Crippen molar-refractivity contribution in [3.63, 3.8) is 0 Å². The van der Waals surface area contributed by atoms with Gasteiger partial charge in [0.2, 0.25) is 0 Å². The van der Waals surface area contributed by atoms with E-state index in [4.69, 9.17) is 18.7 Å². The minimum atomic E-state index is 0.429. The number of fused-ring (bicyclic) bond motifs is 2. The molecule has 21 heavy (non-hydrogen) atoms. The molecule has 0 radical (unpaired) electrons. The third kappa shape index (κ3) is 2.44. The van der Waals surface area contributed by atoms with Crippen molar-refractivity contribution in [3.05, 3.63) is 35.2 Å². The second-order valence-electron chi connectivity index (χ2n) is 5.33. The molecule has 2 aliphatic rings. The zero-order chi connectivity index (χ0) is 14.1. The second-order valence-corrected chi connectivity index (χ2v) is 5.33. The molecule has 1 aromatic heterocycles. The fourth-order valence-corrected chi connectivity index (χ4v) is 2.83. The monoisotopic (exact) mass is 287 g/mol. The summed E-state index contributed by atoms with van der Waals surface area (Å²) in [5.74, 6) is 3.29. The van der Waals surface area contributed by atoms with Gasteiger partial charge in [0.15, 0.2) is 11.5 Å². The van der Waals surface area contributed by atoms with E-state index in [9.17, 15) is 0 Å². The predicted molar refractivity (Wildman–Crippen MR) is 74.9 cm³/mol. The van der Waals surface area contributed by atoms with Crippen LogP contribution in [0.15, 0.2) is 22.7 Å². The summed E-state index contributed by atoms with van der Waals surface area (Å²) in [4.78, 5) is 0. The van der Waals surface area contributed by atoms with Crippen molar-refractivity contribution in [2.75, 3.05) is 13.2 Å². The average Bonchev–Trinajstić information content (AvgIpc) is 2.96. The lowest BCUT2D eigenvalue weighted by Crippen LogP contribution is -2.15. The Kier molecular flexibility index (Phi) is 3.18. The van der Waals surface area contributed by atoms with Gasteiger partial charge in [0, 0.05) is 18.1 Å². The summed E-state index contributed by atoms with van der Waals surface area (Å²) < 4.78 is 22.3. The van der Waals surface area contributed by atoms with Crippen molar-refractivity contribution < 1.29 is 18.7 Å². The molecule has 2 aromatic rings. The number of ether oxygens (including phenoxy) is 3. The summed E-state index contributed by atoms with van der Waals surface area (Å²) in [7, 11) is 0. The van der Waals surface area contributed by atoms with Crippen LogP contribution >= 0.6 is 0 Å². The fraction of sp³-hybridized carbons (Fsp3) is 0.438. The third-order valence-corrected chi connectivity index (χ3v) is 3.92. The van der Waals surface area contributed by atoms with Crippen LogP contribution in [0.5, 0.6) is 17.2 Å².